The third-order valence-electron chi connectivity index (χ3n) is 2.47. The quantitative estimate of drug-likeness (QED) is 0.885. The van der Waals surface area contributed by atoms with E-state index in [-0.39, 0.29) is 5.56 Å². The van der Waals surface area contributed by atoms with Gasteiger partial charge in [-0.25, -0.2) is 4.79 Å². The van der Waals surface area contributed by atoms with Crippen LogP contribution < -0.4 is 0 Å². The first-order chi connectivity index (χ1) is 8.09. The average molecular weight is 248 g/mol. The zero-order valence-electron chi connectivity index (χ0n) is 9.14. The van der Waals surface area contributed by atoms with Crippen LogP contribution in [-0.4, -0.2) is 16.1 Å². The van der Waals surface area contributed by atoms with Crippen molar-refractivity contribution in [1.82, 2.24) is 4.98 Å². The number of benzene rings is 1. The summed E-state index contributed by atoms with van der Waals surface area (Å²) in [5.74, 6) is -0.972. The van der Waals surface area contributed by atoms with Gasteiger partial charge in [-0.2, -0.15) is 0 Å². The SMILES string of the molecule is Cc1nc(-c2ccccc2Cl)ccc1C(=O)O. The molecular formula is C13H10ClNO2. The molecule has 4 heteroatoms. The van der Waals surface area contributed by atoms with E-state index in [0.29, 0.717) is 16.4 Å². The lowest BCUT2D eigenvalue weighted by atomic mass is 10.1. The van der Waals surface area contributed by atoms with E-state index in [1.807, 2.05) is 18.2 Å². The molecule has 3 nitrogen and oxygen atoms in total. The number of carboxylic acid groups (broad SMARTS) is 1. The van der Waals surface area contributed by atoms with Crippen LogP contribution >= 0.6 is 11.6 Å². The number of rotatable bonds is 2. The molecule has 2 rings (SSSR count). The lowest BCUT2D eigenvalue weighted by molar-refractivity contribution is 0.0695. The average Bonchev–Trinajstić information content (AvgIpc) is 2.29. The number of pyridine rings is 1. The maximum Gasteiger partial charge on any atom is 0.337 e. The fourth-order valence-electron chi connectivity index (χ4n) is 1.61. The topological polar surface area (TPSA) is 50.2 Å². The molecule has 0 saturated carbocycles. The molecule has 1 aromatic heterocycles. The Balaban J connectivity index is 2.52. The van der Waals surface area contributed by atoms with Crippen molar-refractivity contribution in [3.63, 3.8) is 0 Å². The second kappa shape index (κ2) is 4.55. The second-order valence-corrected chi connectivity index (χ2v) is 4.02. The van der Waals surface area contributed by atoms with Gasteiger partial charge in [0.2, 0.25) is 0 Å². The zero-order valence-corrected chi connectivity index (χ0v) is 9.90. The van der Waals surface area contributed by atoms with Crippen molar-refractivity contribution in [1.29, 1.82) is 0 Å². The molecule has 0 aliphatic rings. The molecule has 0 aliphatic carbocycles. The lowest BCUT2D eigenvalue weighted by Crippen LogP contribution is -2.02. The first kappa shape index (κ1) is 11.6. The molecule has 0 unspecified atom stereocenters. The van der Waals surface area contributed by atoms with E-state index < -0.39 is 5.97 Å². The highest BCUT2D eigenvalue weighted by Gasteiger charge is 2.10. The zero-order chi connectivity index (χ0) is 12.4. The smallest absolute Gasteiger partial charge is 0.337 e. The number of carbonyl (C=O) groups is 1. The minimum Gasteiger partial charge on any atom is -0.478 e. The van der Waals surface area contributed by atoms with Crippen molar-refractivity contribution in [2.45, 2.75) is 6.92 Å². The van der Waals surface area contributed by atoms with Gasteiger partial charge in [0.15, 0.2) is 0 Å². The molecule has 0 aliphatic heterocycles. The molecular weight excluding hydrogens is 238 g/mol. The van der Waals surface area contributed by atoms with Crippen LogP contribution in [0.25, 0.3) is 11.3 Å². The van der Waals surface area contributed by atoms with Gasteiger partial charge in [0.05, 0.1) is 17.0 Å². The Hall–Kier alpha value is -1.87. The van der Waals surface area contributed by atoms with E-state index in [4.69, 9.17) is 16.7 Å². The van der Waals surface area contributed by atoms with E-state index in [0.717, 1.165) is 5.56 Å². The number of aryl methyl sites for hydroxylation is 1. The van der Waals surface area contributed by atoms with Gasteiger partial charge in [0, 0.05) is 10.6 Å². The summed E-state index contributed by atoms with van der Waals surface area (Å²) in [5.41, 5.74) is 2.17. The molecule has 0 atom stereocenters. The highest BCUT2D eigenvalue weighted by molar-refractivity contribution is 6.33. The second-order valence-electron chi connectivity index (χ2n) is 3.61. The molecule has 0 saturated heterocycles. The monoisotopic (exact) mass is 247 g/mol. The van der Waals surface area contributed by atoms with Gasteiger partial charge in [-0.1, -0.05) is 29.8 Å². The van der Waals surface area contributed by atoms with Crippen molar-refractivity contribution >= 4 is 17.6 Å². The molecule has 0 spiro atoms. The third kappa shape index (κ3) is 2.29. The molecule has 1 heterocycles. The Kier molecular flexibility index (Phi) is 3.11. The summed E-state index contributed by atoms with van der Waals surface area (Å²) < 4.78 is 0. The van der Waals surface area contributed by atoms with E-state index in [1.165, 1.54) is 0 Å². The van der Waals surface area contributed by atoms with Crippen LogP contribution in [0.4, 0.5) is 0 Å². The Labute approximate surface area is 104 Å². The number of carboxylic acids is 1. The van der Waals surface area contributed by atoms with Crippen LogP contribution in [0.15, 0.2) is 36.4 Å². The van der Waals surface area contributed by atoms with Gasteiger partial charge >= 0.3 is 5.97 Å². The van der Waals surface area contributed by atoms with Crippen molar-refractivity contribution in [3.05, 3.63) is 52.7 Å². The fourth-order valence-corrected chi connectivity index (χ4v) is 1.84. The molecule has 0 amide bonds. The van der Waals surface area contributed by atoms with E-state index in [1.54, 1.807) is 25.1 Å². The van der Waals surface area contributed by atoms with Gasteiger partial charge < -0.3 is 5.11 Å². The summed E-state index contributed by atoms with van der Waals surface area (Å²) in [6.45, 7) is 1.67. The fraction of sp³-hybridized carbons (Fsp3) is 0.0769. The van der Waals surface area contributed by atoms with Crippen LogP contribution in [0.1, 0.15) is 16.1 Å². The Morgan fingerprint density at radius 3 is 2.53 bits per heavy atom. The van der Waals surface area contributed by atoms with Gasteiger partial charge in [-0.3, -0.25) is 4.98 Å². The summed E-state index contributed by atoms with van der Waals surface area (Å²) in [7, 11) is 0. The first-order valence-corrected chi connectivity index (χ1v) is 5.43. The maximum absolute atomic E-state index is 10.9. The normalized spacial score (nSPS) is 10.2. The molecule has 1 N–H and O–H groups in total. The largest absolute Gasteiger partial charge is 0.478 e. The van der Waals surface area contributed by atoms with E-state index in [9.17, 15) is 4.79 Å². The molecule has 0 fully saturated rings. The van der Waals surface area contributed by atoms with Gasteiger partial charge in [-0.05, 0) is 25.1 Å². The van der Waals surface area contributed by atoms with Crippen molar-refractivity contribution in [2.75, 3.05) is 0 Å². The first-order valence-electron chi connectivity index (χ1n) is 5.05. The van der Waals surface area contributed by atoms with Crippen molar-refractivity contribution < 1.29 is 9.90 Å². The number of halogens is 1. The number of hydrogen-bond acceptors (Lipinski definition) is 2. The van der Waals surface area contributed by atoms with E-state index in [2.05, 4.69) is 4.98 Å². The summed E-state index contributed by atoms with van der Waals surface area (Å²) in [6, 6.07) is 10.5. The summed E-state index contributed by atoms with van der Waals surface area (Å²) in [5, 5.41) is 9.52. The predicted octanol–water partition coefficient (Wildman–Crippen LogP) is 3.41. The van der Waals surface area contributed by atoms with E-state index >= 15 is 0 Å². The van der Waals surface area contributed by atoms with Gasteiger partial charge in [0.25, 0.3) is 0 Å². The number of nitrogens with zero attached hydrogens (tertiary/aromatic N) is 1. The Morgan fingerprint density at radius 2 is 1.94 bits per heavy atom. The molecule has 0 radical (unpaired) electrons. The van der Waals surface area contributed by atoms with Crippen LogP contribution in [-0.2, 0) is 0 Å². The standard InChI is InChI=1S/C13H10ClNO2/c1-8-9(13(16)17)6-7-12(15-8)10-4-2-3-5-11(10)14/h2-7H,1H3,(H,16,17). The molecule has 2 aromatic rings. The highest BCUT2D eigenvalue weighted by atomic mass is 35.5. The van der Waals surface area contributed by atoms with Crippen LogP contribution in [0.2, 0.25) is 5.02 Å². The van der Waals surface area contributed by atoms with Crippen molar-refractivity contribution in [2.24, 2.45) is 0 Å². The summed E-state index contributed by atoms with van der Waals surface area (Å²) >= 11 is 6.06. The summed E-state index contributed by atoms with van der Waals surface area (Å²) in [4.78, 5) is 15.1. The number of aromatic nitrogens is 1. The molecule has 0 bridgehead atoms. The van der Waals surface area contributed by atoms with Crippen molar-refractivity contribution in [3.8, 4) is 11.3 Å². The lowest BCUT2D eigenvalue weighted by Gasteiger charge is -2.06. The molecule has 86 valence electrons. The maximum atomic E-state index is 10.9. The Bertz CT molecular complexity index is 581. The predicted molar refractivity (Wildman–Crippen MR) is 66.4 cm³/mol. The number of hydrogen-bond donors (Lipinski definition) is 1. The Morgan fingerprint density at radius 1 is 1.24 bits per heavy atom. The highest BCUT2D eigenvalue weighted by Crippen LogP contribution is 2.26. The van der Waals surface area contributed by atoms with Gasteiger partial charge in [0.1, 0.15) is 0 Å². The number of aromatic carboxylic acids is 1. The van der Waals surface area contributed by atoms with Crippen LogP contribution in [0.3, 0.4) is 0 Å². The van der Waals surface area contributed by atoms with Gasteiger partial charge in [-0.15, -0.1) is 0 Å². The molecule has 1 aromatic carbocycles. The minimum atomic E-state index is -0.972. The van der Waals surface area contributed by atoms with Crippen LogP contribution in [0, 0.1) is 6.92 Å². The third-order valence-corrected chi connectivity index (χ3v) is 2.80. The summed E-state index contributed by atoms with van der Waals surface area (Å²) in [6.07, 6.45) is 0. The molecule has 17 heavy (non-hydrogen) atoms. The van der Waals surface area contributed by atoms with Crippen LogP contribution in [0.5, 0.6) is 0 Å². The minimum absolute atomic E-state index is 0.209.